The van der Waals surface area contributed by atoms with Gasteiger partial charge in [-0.3, -0.25) is 0 Å². The van der Waals surface area contributed by atoms with Crippen LogP contribution in [0.15, 0.2) is 18.2 Å². The molecular weight excluding hydrogens is 297 g/mol. The topological polar surface area (TPSA) is 55.0 Å². The van der Waals surface area contributed by atoms with Crippen LogP contribution < -0.4 is 0 Å². The average molecular weight is 310 g/mol. The molecule has 2 aromatic rings. The van der Waals surface area contributed by atoms with Gasteiger partial charge in [0.15, 0.2) is 0 Å². The monoisotopic (exact) mass is 310 g/mol. The number of benzene rings is 1. The molecule has 0 saturated heterocycles. The van der Waals surface area contributed by atoms with E-state index >= 15 is 0 Å². The molecule has 0 radical (unpaired) electrons. The standard InChI is InChI=1S/C15H13F3N2O2/c1-8-6-11-12(20(8)9(2)14(21)22-3)5-4-10(7-19)13(11)15(16,17)18/h4-6,9H,1-3H3. The summed E-state index contributed by atoms with van der Waals surface area (Å²) in [6.07, 6.45) is -4.66. The molecule has 7 heteroatoms. The Morgan fingerprint density at radius 1 is 1.41 bits per heavy atom. The minimum Gasteiger partial charge on any atom is -0.467 e. The van der Waals surface area contributed by atoms with Gasteiger partial charge in [-0.05, 0) is 32.0 Å². The number of carbonyl (C=O) groups is 1. The number of aromatic nitrogens is 1. The van der Waals surface area contributed by atoms with Gasteiger partial charge in [-0.1, -0.05) is 0 Å². The fraction of sp³-hybridized carbons (Fsp3) is 0.333. The summed E-state index contributed by atoms with van der Waals surface area (Å²) in [4.78, 5) is 11.7. The zero-order valence-electron chi connectivity index (χ0n) is 12.2. The maximum Gasteiger partial charge on any atom is 0.418 e. The molecule has 4 nitrogen and oxygen atoms in total. The molecule has 0 bridgehead atoms. The molecule has 116 valence electrons. The van der Waals surface area contributed by atoms with Crippen LogP contribution in [0.1, 0.15) is 29.8 Å². The Morgan fingerprint density at radius 3 is 2.55 bits per heavy atom. The third-order valence-electron chi connectivity index (χ3n) is 3.55. The molecular formula is C15H13F3N2O2. The van der Waals surface area contributed by atoms with Crippen LogP contribution >= 0.6 is 0 Å². The van der Waals surface area contributed by atoms with Crippen molar-refractivity contribution in [2.75, 3.05) is 7.11 Å². The highest BCUT2D eigenvalue weighted by molar-refractivity contribution is 5.89. The molecule has 0 aliphatic heterocycles. The predicted octanol–water partition coefficient (Wildman–Crippen LogP) is 3.57. The summed E-state index contributed by atoms with van der Waals surface area (Å²) in [5.74, 6) is -0.557. The van der Waals surface area contributed by atoms with Gasteiger partial charge in [0.05, 0.1) is 24.3 Å². The Balaban J connectivity index is 2.83. The predicted molar refractivity (Wildman–Crippen MR) is 73.1 cm³/mol. The van der Waals surface area contributed by atoms with Crippen molar-refractivity contribution >= 4 is 16.9 Å². The zero-order chi connectivity index (χ0) is 16.7. The number of alkyl halides is 3. The molecule has 0 aliphatic carbocycles. The third-order valence-corrected chi connectivity index (χ3v) is 3.55. The van der Waals surface area contributed by atoms with Crippen molar-refractivity contribution in [2.24, 2.45) is 0 Å². The third kappa shape index (κ3) is 2.41. The number of hydrogen-bond acceptors (Lipinski definition) is 3. The van der Waals surface area contributed by atoms with E-state index in [-0.39, 0.29) is 10.9 Å². The largest absolute Gasteiger partial charge is 0.467 e. The fourth-order valence-corrected chi connectivity index (χ4v) is 2.62. The first kappa shape index (κ1) is 15.9. The summed E-state index contributed by atoms with van der Waals surface area (Å²) in [6, 6.07) is 4.66. The summed E-state index contributed by atoms with van der Waals surface area (Å²) in [7, 11) is 1.22. The van der Waals surface area contributed by atoms with Crippen LogP contribution in [0, 0.1) is 18.3 Å². The molecule has 0 spiro atoms. The van der Waals surface area contributed by atoms with Gasteiger partial charge in [0.2, 0.25) is 0 Å². The highest BCUT2D eigenvalue weighted by atomic mass is 19.4. The van der Waals surface area contributed by atoms with Gasteiger partial charge in [0.1, 0.15) is 6.04 Å². The van der Waals surface area contributed by atoms with Crippen LogP contribution in [0.5, 0.6) is 0 Å². The molecule has 22 heavy (non-hydrogen) atoms. The highest BCUT2D eigenvalue weighted by Crippen LogP contribution is 2.39. The molecule has 1 unspecified atom stereocenters. The number of rotatable bonds is 2. The Labute approximate surface area is 124 Å². The average Bonchev–Trinajstić information content (AvgIpc) is 2.78. The molecule has 0 aliphatic rings. The summed E-state index contributed by atoms with van der Waals surface area (Å²) < 4.78 is 46.0. The molecule has 1 atom stereocenters. The number of nitriles is 1. The van der Waals surface area contributed by atoms with Gasteiger partial charge in [-0.25, -0.2) is 4.79 Å². The van der Waals surface area contributed by atoms with E-state index in [2.05, 4.69) is 4.74 Å². The summed E-state index contributed by atoms with van der Waals surface area (Å²) >= 11 is 0. The Morgan fingerprint density at radius 2 is 2.05 bits per heavy atom. The van der Waals surface area contributed by atoms with Crippen LogP contribution in [-0.2, 0) is 15.7 Å². The van der Waals surface area contributed by atoms with E-state index in [4.69, 9.17) is 5.26 Å². The SMILES string of the molecule is COC(=O)C(C)n1c(C)cc2c(C(F)(F)F)c(C#N)ccc21. The number of fused-ring (bicyclic) bond motifs is 1. The lowest BCUT2D eigenvalue weighted by atomic mass is 10.0. The molecule has 0 N–H and O–H groups in total. The highest BCUT2D eigenvalue weighted by Gasteiger charge is 2.37. The van der Waals surface area contributed by atoms with E-state index in [1.807, 2.05) is 0 Å². The minimum absolute atomic E-state index is 0.0974. The maximum atomic E-state index is 13.3. The van der Waals surface area contributed by atoms with Crippen molar-refractivity contribution in [1.82, 2.24) is 4.57 Å². The van der Waals surface area contributed by atoms with Crippen LogP contribution in [0.25, 0.3) is 10.9 Å². The van der Waals surface area contributed by atoms with E-state index in [1.165, 1.54) is 23.8 Å². The first-order valence-electron chi connectivity index (χ1n) is 6.42. The van der Waals surface area contributed by atoms with Crippen LogP contribution in [0.2, 0.25) is 0 Å². The van der Waals surface area contributed by atoms with Gasteiger partial charge in [0, 0.05) is 16.6 Å². The van der Waals surface area contributed by atoms with Gasteiger partial charge >= 0.3 is 12.1 Å². The number of ether oxygens (including phenoxy) is 1. The molecule has 1 aromatic carbocycles. The number of esters is 1. The lowest BCUT2D eigenvalue weighted by molar-refractivity contribution is -0.144. The Kier molecular flexibility index (Phi) is 3.88. The smallest absolute Gasteiger partial charge is 0.418 e. The number of carbonyl (C=O) groups excluding carboxylic acids is 1. The molecule has 1 heterocycles. The zero-order valence-corrected chi connectivity index (χ0v) is 12.2. The summed E-state index contributed by atoms with van der Waals surface area (Å²) in [6.45, 7) is 3.15. The van der Waals surface area contributed by atoms with Gasteiger partial charge in [-0.2, -0.15) is 18.4 Å². The van der Waals surface area contributed by atoms with E-state index in [0.717, 1.165) is 6.07 Å². The Hall–Kier alpha value is -2.49. The lowest BCUT2D eigenvalue weighted by Crippen LogP contribution is -2.18. The number of halogens is 3. The van der Waals surface area contributed by atoms with Gasteiger partial charge in [0.25, 0.3) is 0 Å². The fourth-order valence-electron chi connectivity index (χ4n) is 2.62. The first-order chi connectivity index (χ1) is 10.2. The van der Waals surface area contributed by atoms with Crippen molar-refractivity contribution in [3.05, 3.63) is 35.0 Å². The van der Waals surface area contributed by atoms with Crippen molar-refractivity contribution in [3.63, 3.8) is 0 Å². The molecule has 2 rings (SSSR count). The Bertz CT molecular complexity index is 785. The normalized spacial score (nSPS) is 13.0. The van der Waals surface area contributed by atoms with Crippen molar-refractivity contribution in [3.8, 4) is 6.07 Å². The van der Waals surface area contributed by atoms with Crippen molar-refractivity contribution < 1.29 is 22.7 Å². The van der Waals surface area contributed by atoms with E-state index in [1.54, 1.807) is 19.9 Å². The first-order valence-corrected chi connectivity index (χ1v) is 6.42. The number of hydrogen-bond donors (Lipinski definition) is 0. The van der Waals surface area contributed by atoms with Gasteiger partial charge < -0.3 is 9.30 Å². The lowest BCUT2D eigenvalue weighted by Gasteiger charge is -2.16. The van der Waals surface area contributed by atoms with Crippen LogP contribution in [-0.4, -0.2) is 17.6 Å². The number of nitrogens with zero attached hydrogens (tertiary/aromatic N) is 2. The van der Waals surface area contributed by atoms with Crippen LogP contribution in [0.3, 0.4) is 0 Å². The van der Waals surface area contributed by atoms with Crippen molar-refractivity contribution in [2.45, 2.75) is 26.1 Å². The second kappa shape index (κ2) is 5.37. The molecule has 0 saturated carbocycles. The van der Waals surface area contributed by atoms with Crippen LogP contribution in [0.4, 0.5) is 13.2 Å². The molecule has 1 aromatic heterocycles. The maximum absolute atomic E-state index is 13.3. The van der Waals surface area contributed by atoms with Gasteiger partial charge in [-0.15, -0.1) is 0 Å². The second-order valence-corrected chi connectivity index (χ2v) is 4.89. The minimum atomic E-state index is -4.66. The molecule has 0 amide bonds. The number of aryl methyl sites for hydroxylation is 1. The summed E-state index contributed by atoms with van der Waals surface area (Å²) in [5.41, 5.74) is -0.704. The second-order valence-electron chi connectivity index (χ2n) is 4.89. The summed E-state index contributed by atoms with van der Waals surface area (Å²) in [5, 5.41) is 8.82. The quantitative estimate of drug-likeness (QED) is 0.797. The van der Waals surface area contributed by atoms with Crippen molar-refractivity contribution in [1.29, 1.82) is 5.26 Å². The van der Waals surface area contributed by atoms with E-state index in [0.29, 0.717) is 5.69 Å². The molecule has 0 fully saturated rings. The van der Waals surface area contributed by atoms with E-state index in [9.17, 15) is 18.0 Å². The number of methoxy groups -OCH3 is 1. The van der Waals surface area contributed by atoms with E-state index < -0.39 is 29.3 Å².